The number of guanidine groups is 1. The fraction of sp³-hybridized carbons (Fsp3) is 0.545. The first kappa shape index (κ1) is 19.9. The molecule has 1 aromatic heterocycles. The van der Waals surface area contributed by atoms with Crippen LogP contribution in [0.4, 0.5) is 0 Å². The van der Waals surface area contributed by atoms with Crippen molar-refractivity contribution < 1.29 is 4.74 Å². The number of benzene rings is 1. The number of nitrogens with zero attached hydrogens (tertiary/aromatic N) is 5. The van der Waals surface area contributed by atoms with E-state index in [0.29, 0.717) is 5.92 Å². The first-order valence-electron chi connectivity index (χ1n) is 10.5. The van der Waals surface area contributed by atoms with Gasteiger partial charge in [0.25, 0.3) is 0 Å². The van der Waals surface area contributed by atoms with Gasteiger partial charge >= 0.3 is 0 Å². The van der Waals surface area contributed by atoms with Gasteiger partial charge in [0, 0.05) is 65.5 Å². The van der Waals surface area contributed by atoms with Gasteiger partial charge in [-0.15, -0.1) is 0 Å². The molecule has 156 valence electrons. The SMILES string of the molecule is CN=C(NCc1ccc(CN2CCOCC2)cc1)N1CCC(c2cnn(C)c2)C1. The third-order valence-corrected chi connectivity index (χ3v) is 5.88. The first-order chi connectivity index (χ1) is 14.2. The summed E-state index contributed by atoms with van der Waals surface area (Å²) in [6.45, 7) is 7.55. The highest BCUT2D eigenvalue weighted by Gasteiger charge is 2.26. The highest BCUT2D eigenvalue weighted by atomic mass is 16.5. The molecule has 3 heterocycles. The van der Waals surface area contributed by atoms with Crippen molar-refractivity contribution in [3.63, 3.8) is 0 Å². The predicted molar refractivity (Wildman–Crippen MR) is 115 cm³/mol. The van der Waals surface area contributed by atoms with Crippen molar-refractivity contribution in [2.45, 2.75) is 25.4 Å². The Labute approximate surface area is 173 Å². The second-order valence-electron chi connectivity index (χ2n) is 7.98. The van der Waals surface area contributed by atoms with E-state index in [1.807, 2.05) is 25.0 Å². The number of morpholine rings is 1. The Morgan fingerprint density at radius 1 is 1.17 bits per heavy atom. The topological polar surface area (TPSA) is 57.9 Å². The lowest BCUT2D eigenvalue weighted by Crippen LogP contribution is -2.39. The van der Waals surface area contributed by atoms with Gasteiger partial charge in [-0.2, -0.15) is 5.10 Å². The molecule has 0 bridgehead atoms. The highest BCUT2D eigenvalue weighted by Crippen LogP contribution is 2.26. The Bertz CT molecular complexity index is 809. The molecule has 2 aliphatic rings. The molecular formula is C22H32N6O. The molecule has 0 spiro atoms. The number of hydrogen-bond donors (Lipinski definition) is 1. The number of ether oxygens (including phenoxy) is 1. The van der Waals surface area contributed by atoms with Gasteiger partial charge in [0.15, 0.2) is 5.96 Å². The van der Waals surface area contributed by atoms with Crippen LogP contribution in [0, 0.1) is 0 Å². The molecule has 0 amide bonds. The number of likely N-dealkylation sites (tertiary alicyclic amines) is 1. The summed E-state index contributed by atoms with van der Waals surface area (Å²) >= 11 is 0. The Balaban J connectivity index is 1.27. The molecule has 0 aliphatic carbocycles. The summed E-state index contributed by atoms with van der Waals surface area (Å²) in [5.41, 5.74) is 3.96. The van der Waals surface area contributed by atoms with Gasteiger partial charge in [0.2, 0.25) is 0 Å². The highest BCUT2D eigenvalue weighted by molar-refractivity contribution is 5.80. The van der Waals surface area contributed by atoms with Crippen molar-refractivity contribution in [3.8, 4) is 0 Å². The lowest BCUT2D eigenvalue weighted by atomic mass is 10.0. The average molecular weight is 397 g/mol. The summed E-state index contributed by atoms with van der Waals surface area (Å²) in [6.07, 6.45) is 5.26. The number of hydrogen-bond acceptors (Lipinski definition) is 4. The number of rotatable bonds is 5. The smallest absolute Gasteiger partial charge is 0.193 e. The van der Waals surface area contributed by atoms with E-state index in [1.165, 1.54) is 16.7 Å². The molecule has 1 atom stereocenters. The molecule has 2 aromatic rings. The molecule has 2 fully saturated rings. The molecule has 29 heavy (non-hydrogen) atoms. The summed E-state index contributed by atoms with van der Waals surface area (Å²) in [6, 6.07) is 8.92. The van der Waals surface area contributed by atoms with Crippen LogP contribution >= 0.6 is 0 Å². The van der Waals surface area contributed by atoms with E-state index in [-0.39, 0.29) is 0 Å². The van der Waals surface area contributed by atoms with Crippen molar-refractivity contribution >= 4 is 5.96 Å². The monoisotopic (exact) mass is 396 g/mol. The van der Waals surface area contributed by atoms with Crippen LogP contribution in [-0.2, 0) is 24.9 Å². The number of aryl methyl sites for hydroxylation is 1. The van der Waals surface area contributed by atoms with Crippen molar-refractivity contribution in [2.75, 3.05) is 46.4 Å². The van der Waals surface area contributed by atoms with Gasteiger partial charge in [-0.25, -0.2) is 0 Å². The first-order valence-corrected chi connectivity index (χ1v) is 10.5. The van der Waals surface area contributed by atoms with Crippen LogP contribution in [0.5, 0.6) is 0 Å². The van der Waals surface area contributed by atoms with Crippen LogP contribution in [0.15, 0.2) is 41.7 Å². The van der Waals surface area contributed by atoms with Gasteiger partial charge < -0.3 is 15.0 Å². The minimum absolute atomic E-state index is 0.529. The Morgan fingerprint density at radius 3 is 2.62 bits per heavy atom. The molecular weight excluding hydrogens is 364 g/mol. The summed E-state index contributed by atoms with van der Waals surface area (Å²) in [5.74, 6) is 1.51. The molecule has 4 rings (SSSR count). The standard InChI is InChI=1S/C22H32N6O/c1-23-22(28-8-7-20(17-28)21-14-25-26(2)16-21)24-13-18-3-5-19(6-4-18)15-27-9-11-29-12-10-27/h3-6,14,16,20H,7-13,15,17H2,1-2H3,(H,23,24). The number of aromatic nitrogens is 2. The lowest BCUT2D eigenvalue weighted by Gasteiger charge is -2.26. The normalized spacial score (nSPS) is 21.0. The molecule has 0 saturated carbocycles. The maximum Gasteiger partial charge on any atom is 0.193 e. The predicted octanol–water partition coefficient (Wildman–Crippen LogP) is 1.82. The number of nitrogens with one attached hydrogen (secondary N) is 1. The van der Waals surface area contributed by atoms with Gasteiger partial charge in [-0.3, -0.25) is 14.6 Å². The average Bonchev–Trinajstić information content (AvgIpc) is 3.40. The molecule has 7 nitrogen and oxygen atoms in total. The second-order valence-corrected chi connectivity index (χ2v) is 7.98. The molecule has 7 heteroatoms. The summed E-state index contributed by atoms with van der Waals surface area (Å²) < 4.78 is 7.31. The van der Waals surface area contributed by atoms with Crippen LogP contribution in [0.25, 0.3) is 0 Å². The third-order valence-electron chi connectivity index (χ3n) is 5.88. The van der Waals surface area contributed by atoms with E-state index in [1.54, 1.807) is 0 Å². The van der Waals surface area contributed by atoms with Crippen LogP contribution in [0.1, 0.15) is 29.0 Å². The van der Waals surface area contributed by atoms with Gasteiger partial charge in [0.1, 0.15) is 0 Å². The molecule has 2 aliphatic heterocycles. The van der Waals surface area contributed by atoms with Crippen LogP contribution in [0.3, 0.4) is 0 Å². The minimum atomic E-state index is 0.529. The van der Waals surface area contributed by atoms with E-state index in [4.69, 9.17) is 4.74 Å². The third kappa shape index (κ3) is 5.16. The molecule has 1 unspecified atom stereocenters. The second kappa shape index (κ2) is 9.41. The van der Waals surface area contributed by atoms with Crippen molar-refractivity contribution in [3.05, 3.63) is 53.3 Å². The fourth-order valence-corrected chi connectivity index (χ4v) is 4.17. The zero-order valence-electron chi connectivity index (χ0n) is 17.5. The van der Waals surface area contributed by atoms with Crippen molar-refractivity contribution in [2.24, 2.45) is 12.0 Å². The van der Waals surface area contributed by atoms with Crippen LogP contribution < -0.4 is 5.32 Å². The van der Waals surface area contributed by atoms with E-state index in [2.05, 4.69) is 55.7 Å². The minimum Gasteiger partial charge on any atom is -0.379 e. The Morgan fingerprint density at radius 2 is 1.93 bits per heavy atom. The van der Waals surface area contributed by atoms with Gasteiger partial charge in [0.05, 0.1) is 19.4 Å². The maximum absolute atomic E-state index is 5.43. The van der Waals surface area contributed by atoms with Gasteiger partial charge in [-0.05, 0) is 23.1 Å². The van der Waals surface area contributed by atoms with E-state index < -0.39 is 0 Å². The zero-order valence-corrected chi connectivity index (χ0v) is 17.5. The fourth-order valence-electron chi connectivity index (χ4n) is 4.17. The van der Waals surface area contributed by atoms with Crippen molar-refractivity contribution in [1.82, 2.24) is 24.9 Å². The molecule has 2 saturated heterocycles. The zero-order chi connectivity index (χ0) is 20.1. The van der Waals surface area contributed by atoms with E-state index >= 15 is 0 Å². The molecule has 1 aromatic carbocycles. The quantitative estimate of drug-likeness (QED) is 0.617. The summed E-state index contributed by atoms with van der Waals surface area (Å²) in [5, 5.41) is 7.85. The largest absolute Gasteiger partial charge is 0.379 e. The molecule has 0 radical (unpaired) electrons. The molecule has 1 N–H and O–H groups in total. The van der Waals surface area contributed by atoms with E-state index in [9.17, 15) is 0 Å². The number of aliphatic imine (C=N–C) groups is 1. The lowest BCUT2D eigenvalue weighted by molar-refractivity contribution is 0.0342. The van der Waals surface area contributed by atoms with Crippen LogP contribution in [-0.4, -0.2) is 72.0 Å². The Hall–Kier alpha value is -2.38. The van der Waals surface area contributed by atoms with Crippen molar-refractivity contribution in [1.29, 1.82) is 0 Å². The summed E-state index contributed by atoms with van der Waals surface area (Å²) in [7, 11) is 3.84. The van der Waals surface area contributed by atoms with Crippen LogP contribution in [0.2, 0.25) is 0 Å². The maximum atomic E-state index is 5.43. The van der Waals surface area contributed by atoms with E-state index in [0.717, 1.165) is 64.9 Å². The Kier molecular flexibility index (Phi) is 6.46. The van der Waals surface area contributed by atoms with Gasteiger partial charge in [-0.1, -0.05) is 24.3 Å². The summed E-state index contributed by atoms with van der Waals surface area (Å²) in [4.78, 5) is 9.31.